The van der Waals surface area contributed by atoms with Crippen LogP contribution in [0.3, 0.4) is 0 Å². The standard InChI is InChI=1S/C21H29NO2/c1-5-24-20-13-15(6-11-19(20)23)12-17(14-22)16-7-9-18(10-8-16)21(2,3)4/h6-11,13,17,23H,5,12,14,22H2,1-4H3. The normalized spacial score (nSPS) is 12.9. The summed E-state index contributed by atoms with van der Waals surface area (Å²) in [7, 11) is 0. The zero-order chi connectivity index (χ0) is 17.7. The number of nitrogens with two attached hydrogens (primary N) is 1. The van der Waals surface area contributed by atoms with Gasteiger partial charge in [-0.25, -0.2) is 0 Å². The summed E-state index contributed by atoms with van der Waals surface area (Å²) in [4.78, 5) is 0. The molecular weight excluding hydrogens is 298 g/mol. The Morgan fingerprint density at radius 1 is 1.08 bits per heavy atom. The fourth-order valence-electron chi connectivity index (χ4n) is 2.83. The second-order valence-electron chi connectivity index (χ2n) is 7.24. The lowest BCUT2D eigenvalue weighted by molar-refractivity contribution is 0.317. The van der Waals surface area contributed by atoms with Crippen LogP contribution < -0.4 is 10.5 Å². The van der Waals surface area contributed by atoms with E-state index in [9.17, 15) is 5.11 Å². The maximum absolute atomic E-state index is 9.83. The van der Waals surface area contributed by atoms with Crippen LogP contribution in [0.1, 0.15) is 50.3 Å². The van der Waals surface area contributed by atoms with E-state index in [0.717, 1.165) is 12.0 Å². The van der Waals surface area contributed by atoms with Crippen LogP contribution in [0.25, 0.3) is 0 Å². The topological polar surface area (TPSA) is 55.5 Å². The van der Waals surface area contributed by atoms with Crippen molar-refractivity contribution in [2.75, 3.05) is 13.2 Å². The second kappa shape index (κ2) is 7.71. The summed E-state index contributed by atoms with van der Waals surface area (Å²) in [6.45, 7) is 9.67. The molecule has 2 aromatic rings. The van der Waals surface area contributed by atoms with Gasteiger partial charge in [0.15, 0.2) is 11.5 Å². The van der Waals surface area contributed by atoms with Gasteiger partial charge in [0.1, 0.15) is 0 Å². The molecule has 0 spiro atoms. The minimum atomic E-state index is 0.153. The predicted octanol–water partition coefficient (Wildman–Crippen LogP) is 4.37. The third kappa shape index (κ3) is 4.51. The van der Waals surface area contributed by atoms with Crippen molar-refractivity contribution >= 4 is 0 Å². The minimum Gasteiger partial charge on any atom is -0.504 e. The second-order valence-corrected chi connectivity index (χ2v) is 7.24. The molecule has 2 aromatic carbocycles. The molecule has 0 aliphatic heterocycles. The lowest BCUT2D eigenvalue weighted by Crippen LogP contribution is -2.16. The van der Waals surface area contributed by atoms with Crippen molar-refractivity contribution in [3.8, 4) is 11.5 Å². The number of phenols is 1. The molecule has 24 heavy (non-hydrogen) atoms. The van der Waals surface area contributed by atoms with Gasteiger partial charge in [0.05, 0.1) is 6.61 Å². The van der Waals surface area contributed by atoms with Crippen molar-refractivity contribution in [1.82, 2.24) is 0 Å². The van der Waals surface area contributed by atoms with Crippen LogP contribution in [0.2, 0.25) is 0 Å². The molecule has 3 N–H and O–H groups in total. The monoisotopic (exact) mass is 327 g/mol. The van der Waals surface area contributed by atoms with Gasteiger partial charge < -0.3 is 15.6 Å². The van der Waals surface area contributed by atoms with Gasteiger partial charge in [-0.15, -0.1) is 0 Å². The predicted molar refractivity (Wildman–Crippen MR) is 99.9 cm³/mol. The highest BCUT2D eigenvalue weighted by Crippen LogP contribution is 2.30. The Kier molecular flexibility index (Phi) is 5.89. The van der Waals surface area contributed by atoms with Crippen molar-refractivity contribution < 1.29 is 9.84 Å². The molecule has 0 saturated heterocycles. The van der Waals surface area contributed by atoms with Gasteiger partial charge in [-0.1, -0.05) is 51.1 Å². The molecule has 0 fully saturated rings. The summed E-state index contributed by atoms with van der Waals surface area (Å²) >= 11 is 0. The van der Waals surface area contributed by atoms with Crippen molar-refractivity contribution in [3.63, 3.8) is 0 Å². The van der Waals surface area contributed by atoms with Crippen LogP contribution in [0.5, 0.6) is 11.5 Å². The Morgan fingerprint density at radius 2 is 1.75 bits per heavy atom. The van der Waals surface area contributed by atoms with Gasteiger partial charge in [0.2, 0.25) is 0 Å². The minimum absolute atomic E-state index is 0.153. The first-order valence-corrected chi connectivity index (χ1v) is 8.60. The van der Waals surface area contributed by atoms with Crippen molar-refractivity contribution in [2.24, 2.45) is 5.73 Å². The highest BCUT2D eigenvalue weighted by Gasteiger charge is 2.16. The average Bonchev–Trinajstić information content (AvgIpc) is 2.55. The first-order chi connectivity index (χ1) is 11.3. The Hall–Kier alpha value is -2.00. The molecule has 0 aliphatic rings. The van der Waals surface area contributed by atoms with E-state index in [1.165, 1.54) is 11.1 Å². The lowest BCUT2D eigenvalue weighted by Gasteiger charge is -2.21. The Labute approximate surface area is 145 Å². The van der Waals surface area contributed by atoms with Gasteiger partial charge in [-0.2, -0.15) is 0 Å². The summed E-state index contributed by atoms with van der Waals surface area (Å²) in [5, 5.41) is 9.83. The van der Waals surface area contributed by atoms with E-state index in [1.54, 1.807) is 6.07 Å². The molecule has 3 heteroatoms. The van der Waals surface area contributed by atoms with Crippen molar-refractivity contribution in [2.45, 2.75) is 45.4 Å². The van der Waals surface area contributed by atoms with E-state index in [2.05, 4.69) is 45.0 Å². The Morgan fingerprint density at radius 3 is 2.29 bits per heavy atom. The largest absolute Gasteiger partial charge is 0.504 e. The number of rotatable bonds is 6. The molecule has 1 unspecified atom stereocenters. The molecule has 0 heterocycles. The third-order valence-corrected chi connectivity index (χ3v) is 4.34. The van der Waals surface area contributed by atoms with E-state index in [4.69, 9.17) is 10.5 Å². The van der Waals surface area contributed by atoms with E-state index in [1.807, 2.05) is 19.1 Å². The van der Waals surface area contributed by atoms with Crippen molar-refractivity contribution in [3.05, 3.63) is 59.2 Å². The van der Waals surface area contributed by atoms with Gasteiger partial charge in [-0.05, 0) is 54.1 Å². The van der Waals surface area contributed by atoms with Crippen LogP contribution in [0, 0.1) is 0 Å². The average molecular weight is 327 g/mol. The number of aromatic hydroxyl groups is 1. The fourth-order valence-corrected chi connectivity index (χ4v) is 2.83. The van der Waals surface area contributed by atoms with Crippen LogP contribution in [-0.4, -0.2) is 18.3 Å². The summed E-state index contributed by atoms with van der Waals surface area (Å²) < 4.78 is 5.47. The van der Waals surface area contributed by atoms with E-state index in [0.29, 0.717) is 18.9 Å². The molecule has 0 saturated carbocycles. The molecule has 130 valence electrons. The number of hydrogen-bond donors (Lipinski definition) is 2. The number of benzene rings is 2. The molecule has 1 atom stereocenters. The molecule has 0 radical (unpaired) electrons. The molecule has 2 rings (SSSR count). The first kappa shape index (κ1) is 18.3. The summed E-state index contributed by atoms with van der Waals surface area (Å²) in [5.41, 5.74) is 9.86. The maximum Gasteiger partial charge on any atom is 0.161 e. The smallest absolute Gasteiger partial charge is 0.161 e. The SMILES string of the molecule is CCOc1cc(CC(CN)c2ccc(C(C)(C)C)cc2)ccc1O. The Balaban J connectivity index is 2.19. The maximum atomic E-state index is 9.83. The van der Waals surface area contributed by atoms with E-state index < -0.39 is 0 Å². The third-order valence-electron chi connectivity index (χ3n) is 4.34. The molecule has 3 nitrogen and oxygen atoms in total. The zero-order valence-corrected chi connectivity index (χ0v) is 15.2. The van der Waals surface area contributed by atoms with Gasteiger partial charge in [0.25, 0.3) is 0 Å². The first-order valence-electron chi connectivity index (χ1n) is 8.60. The number of ether oxygens (including phenoxy) is 1. The van der Waals surface area contributed by atoms with Crippen LogP contribution in [0.4, 0.5) is 0 Å². The van der Waals surface area contributed by atoms with Gasteiger partial charge in [0, 0.05) is 5.92 Å². The molecule has 0 amide bonds. The van der Waals surface area contributed by atoms with Crippen LogP contribution in [0.15, 0.2) is 42.5 Å². The quantitative estimate of drug-likeness (QED) is 0.828. The van der Waals surface area contributed by atoms with Crippen LogP contribution in [-0.2, 0) is 11.8 Å². The molecular formula is C21H29NO2. The van der Waals surface area contributed by atoms with E-state index >= 15 is 0 Å². The highest BCUT2D eigenvalue weighted by atomic mass is 16.5. The molecule has 0 aliphatic carbocycles. The van der Waals surface area contributed by atoms with E-state index in [-0.39, 0.29) is 17.1 Å². The number of hydrogen-bond acceptors (Lipinski definition) is 3. The van der Waals surface area contributed by atoms with Gasteiger partial charge in [-0.3, -0.25) is 0 Å². The van der Waals surface area contributed by atoms with Crippen molar-refractivity contribution in [1.29, 1.82) is 0 Å². The summed E-state index contributed by atoms with van der Waals surface area (Å²) in [6.07, 6.45) is 0.825. The highest BCUT2D eigenvalue weighted by molar-refractivity contribution is 5.42. The van der Waals surface area contributed by atoms with Gasteiger partial charge >= 0.3 is 0 Å². The Bertz CT molecular complexity index is 657. The molecule has 0 aromatic heterocycles. The fraction of sp³-hybridized carbons (Fsp3) is 0.429. The molecule has 0 bridgehead atoms. The number of phenolic OH excluding ortho intramolecular Hbond substituents is 1. The lowest BCUT2D eigenvalue weighted by atomic mass is 9.84. The summed E-state index contributed by atoms with van der Waals surface area (Å²) in [5.74, 6) is 0.964. The zero-order valence-electron chi connectivity index (χ0n) is 15.2. The summed E-state index contributed by atoms with van der Waals surface area (Å²) in [6, 6.07) is 14.3. The van der Waals surface area contributed by atoms with Crippen LogP contribution >= 0.6 is 0 Å².